The molecule has 0 saturated carbocycles. The summed E-state index contributed by atoms with van der Waals surface area (Å²) in [6, 6.07) is 15.1. The minimum absolute atomic E-state index is 0.0770. The lowest BCUT2D eigenvalue weighted by Crippen LogP contribution is -2.31. The first-order valence-corrected chi connectivity index (χ1v) is 9.66. The predicted molar refractivity (Wildman–Crippen MR) is 112 cm³/mol. The van der Waals surface area contributed by atoms with Crippen molar-refractivity contribution < 1.29 is 13.9 Å². The largest absolute Gasteiger partial charge is 0.482 e. The number of ether oxygens (including phenoxy) is 1. The van der Waals surface area contributed by atoms with Crippen molar-refractivity contribution in [3.05, 3.63) is 65.0 Å². The molecule has 7 heteroatoms. The third-order valence-corrected chi connectivity index (χ3v) is 4.76. The number of para-hydroxylation sites is 1. The molecule has 0 radical (unpaired) electrons. The smallest absolute Gasteiger partial charge is 0.260 e. The first kappa shape index (κ1) is 20.9. The normalized spacial score (nSPS) is 11.3. The Bertz CT molecular complexity index is 977. The van der Waals surface area contributed by atoms with E-state index in [2.05, 4.69) is 43.1 Å². The Hall–Kier alpha value is -2.86. The summed E-state index contributed by atoms with van der Waals surface area (Å²) in [5, 5.41) is 8.60. The molecule has 0 aliphatic heterocycles. The number of aromatic nitrogens is 2. The molecule has 3 rings (SSSR count). The van der Waals surface area contributed by atoms with E-state index in [-0.39, 0.29) is 24.5 Å². The van der Waals surface area contributed by atoms with Crippen LogP contribution in [0.5, 0.6) is 5.75 Å². The van der Waals surface area contributed by atoms with Gasteiger partial charge in [0.25, 0.3) is 5.91 Å². The van der Waals surface area contributed by atoms with Crippen LogP contribution in [0.2, 0.25) is 5.02 Å². The number of halogens is 1. The summed E-state index contributed by atoms with van der Waals surface area (Å²) in [7, 11) is 1.65. The Balaban J connectivity index is 1.59. The molecule has 3 aromatic rings. The van der Waals surface area contributed by atoms with Crippen LogP contribution in [0.15, 0.2) is 52.9 Å². The van der Waals surface area contributed by atoms with Crippen molar-refractivity contribution in [1.29, 1.82) is 0 Å². The fourth-order valence-corrected chi connectivity index (χ4v) is 2.84. The van der Waals surface area contributed by atoms with Gasteiger partial charge in [-0.25, -0.2) is 0 Å². The molecule has 1 amide bonds. The quantitative estimate of drug-likeness (QED) is 0.584. The highest BCUT2D eigenvalue weighted by Crippen LogP contribution is 2.26. The van der Waals surface area contributed by atoms with Crippen molar-refractivity contribution in [2.24, 2.45) is 0 Å². The second-order valence-electron chi connectivity index (χ2n) is 7.80. The second-order valence-corrected chi connectivity index (χ2v) is 8.20. The molecule has 1 aromatic heterocycles. The van der Waals surface area contributed by atoms with Crippen LogP contribution < -0.4 is 4.74 Å². The van der Waals surface area contributed by atoms with Gasteiger partial charge in [0.15, 0.2) is 6.61 Å². The number of amides is 1. The summed E-state index contributed by atoms with van der Waals surface area (Å²) in [5.41, 5.74) is 2.14. The molecular formula is C22H24ClN3O3. The molecule has 0 fully saturated rings. The number of hydrogen-bond donors (Lipinski definition) is 0. The molecule has 0 aliphatic rings. The summed E-state index contributed by atoms with van der Waals surface area (Å²) in [4.78, 5) is 13.8. The average molecular weight is 414 g/mol. The van der Waals surface area contributed by atoms with Crippen molar-refractivity contribution >= 4 is 17.5 Å². The fraction of sp³-hybridized carbons (Fsp3) is 0.318. The van der Waals surface area contributed by atoms with E-state index < -0.39 is 0 Å². The highest BCUT2D eigenvalue weighted by Gasteiger charge is 2.17. The van der Waals surface area contributed by atoms with Crippen molar-refractivity contribution in [3.63, 3.8) is 0 Å². The van der Waals surface area contributed by atoms with Gasteiger partial charge >= 0.3 is 0 Å². The topological polar surface area (TPSA) is 68.5 Å². The predicted octanol–water partition coefficient (Wildman–Crippen LogP) is 4.72. The molecule has 0 saturated heterocycles. The van der Waals surface area contributed by atoms with Gasteiger partial charge in [-0.15, -0.1) is 10.2 Å². The molecule has 0 spiro atoms. The zero-order chi connectivity index (χ0) is 21.0. The number of hydrogen-bond acceptors (Lipinski definition) is 5. The van der Waals surface area contributed by atoms with Crippen LogP contribution in [-0.4, -0.2) is 34.7 Å². The molecule has 0 unspecified atom stereocenters. The van der Waals surface area contributed by atoms with Crippen LogP contribution in [0.1, 0.15) is 32.2 Å². The van der Waals surface area contributed by atoms with Crippen molar-refractivity contribution in [1.82, 2.24) is 15.1 Å². The summed E-state index contributed by atoms with van der Waals surface area (Å²) < 4.78 is 11.2. The Labute approximate surface area is 175 Å². The van der Waals surface area contributed by atoms with E-state index in [0.717, 1.165) is 5.56 Å². The maximum Gasteiger partial charge on any atom is 0.260 e. The van der Waals surface area contributed by atoms with Gasteiger partial charge in [0, 0.05) is 12.6 Å². The Morgan fingerprint density at radius 3 is 2.45 bits per heavy atom. The van der Waals surface area contributed by atoms with Gasteiger partial charge in [0.05, 0.1) is 11.6 Å². The average Bonchev–Trinajstić information content (AvgIpc) is 3.15. The summed E-state index contributed by atoms with van der Waals surface area (Å²) >= 11 is 6.03. The van der Waals surface area contributed by atoms with Gasteiger partial charge in [0.2, 0.25) is 11.8 Å². The Morgan fingerprint density at radius 2 is 1.79 bits per heavy atom. The summed E-state index contributed by atoms with van der Waals surface area (Å²) in [6.07, 6.45) is 0. The number of carbonyl (C=O) groups excluding carboxylic acids is 1. The second kappa shape index (κ2) is 8.66. The fourth-order valence-electron chi connectivity index (χ4n) is 2.65. The minimum atomic E-state index is -0.223. The maximum absolute atomic E-state index is 12.3. The van der Waals surface area contributed by atoms with E-state index in [9.17, 15) is 4.79 Å². The number of likely N-dealkylation sites (N-methyl/N-ethyl adjacent to an activating group) is 1. The molecule has 0 N–H and O–H groups in total. The van der Waals surface area contributed by atoms with E-state index in [1.54, 1.807) is 31.3 Å². The third-order valence-electron chi connectivity index (χ3n) is 4.45. The lowest BCUT2D eigenvalue weighted by Gasteiger charge is -2.18. The zero-order valence-electron chi connectivity index (χ0n) is 17.0. The summed E-state index contributed by atoms with van der Waals surface area (Å²) in [5.74, 6) is 1.02. The van der Waals surface area contributed by atoms with Crippen LogP contribution in [-0.2, 0) is 16.8 Å². The molecule has 1 heterocycles. The molecule has 29 heavy (non-hydrogen) atoms. The van der Waals surface area contributed by atoms with E-state index in [1.165, 1.54) is 10.5 Å². The monoisotopic (exact) mass is 413 g/mol. The molecule has 152 valence electrons. The number of carbonyl (C=O) groups is 1. The standard InChI is InChI=1S/C22H24ClN3O3/c1-22(2,3)16-11-9-15(10-12-16)21-25-24-19(29-21)13-26(4)20(27)14-28-18-8-6-5-7-17(18)23/h5-12H,13-14H2,1-4H3. The minimum Gasteiger partial charge on any atom is -0.482 e. The van der Waals surface area contributed by atoms with Crippen molar-refractivity contribution in [2.75, 3.05) is 13.7 Å². The third kappa shape index (κ3) is 5.35. The molecule has 0 atom stereocenters. The first-order chi connectivity index (χ1) is 13.7. The number of benzene rings is 2. The van der Waals surface area contributed by atoms with Crippen LogP contribution in [0, 0.1) is 0 Å². The van der Waals surface area contributed by atoms with E-state index in [1.807, 2.05) is 12.1 Å². The first-order valence-electron chi connectivity index (χ1n) is 9.28. The number of rotatable bonds is 6. The van der Waals surface area contributed by atoms with Gasteiger partial charge in [-0.05, 0) is 35.2 Å². The number of nitrogens with zero attached hydrogens (tertiary/aromatic N) is 3. The highest BCUT2D eigenvalue weighted by atomic mass is 35.5. The molecule has 2 aromatic carbocycles. The van der Waals surface area contributed by atoms with Gasteiger partial charge in [0.1, 0.15) is 5.75 Å². The Morgan fingerprint density at radius 1 is 1.10 bits per heavy atom. The Kier molecular flexibility index (Phi) is 6.23. The molecule has 6 nitrogen and oxygen atoms in total. The van der Waals surface area contributed by atoms with Crippen LogP contribution in [0.25, 0.3) is 11.5 Å². The SMILES string of the molecule is CN(Cc1nnc(-c2ccc(C(C)(C)C)cc2)o1)C(=O)COc1ccccc1Cl. The van der Waals surface area contributed by atoms with E-state index in [0.29, 0.717) is 22.6 Å². The molecule has 0 aliphatic carbocycles. The van der Waals surface area contributed by atoms with Crippen molar-refractivity contribution in [2.45, 2.75) is 32.7 Å². The van der Waals surface area contributed by atoms with E-state index in [4.69, 9.17) is 20.8 Å². The molecule has 0 bridgehead atoms. The van der Waals surface area contributed by atoms with Gasteiger partial charge in [-0.3, -0.25) is 4.79 Å². The van der Waals surface area contributed by atoms with Gasteiger partial charge < -0.3 is 14.1 Å². The van der Waals surface area contributed by atoms with Crippen LogP contribution in [0.3, 0.4) is 0 Å². The summed E-state index contributed by atoms with van der Waals surface area (Å²) in [6.45, 7) is 6.55. The zero-order valence-corrected chi connectivity index (χ0v) is 17.7. The lowest BCUT2D eigenvalue weighted by atomic mass is 9.87. The van der Waals surface area contributed by atoms with E-state index >= 15 is 0 Å². The lowest BCUT2D eigenvalue weighted by molar-refractivity contribution is -0.132. The van der Waals surface area contributed by atoms with Crippen molar-refractivity contribution in [3.8, 4) is 17.2 Å². The van der Waals surface area contributed by atoms with Crippen LogP contribution >= 0.6 is 11.6 Å². The molecular weight excluding hydrogens is 390 g/mol. The van der Waals surface area contributed by atoms with Gasteiger partial charge in [-0.2, -0.15) is 0 Å². The highest BCUT2D eigenvalue weighted by molar-refractivity contribution is 6.32. The maximum atomic E-state index is 12.3. The van der Waals surface area contributed by atoms with Crippen LogP contribution in [0.4, 0.5) is 0 Å². The van der Waals surface area contributed by atoms with Gasteiger partial charge in [-0.1, -0.05) is 56.6 Å².